The van der Waals surface area contributed by atoms with Crippen LogP contribution < -0.4 is 9.80 Å². The monoisotopic (exact) mass is 405 g/mol. The number of carboxylic acid groups (broad SMARTS) is 1. The van der Waals surface area contributed by atoms with Crippen LogP contribution in [0, 0.1) is 5.92 Å². The van der Waals surface area contributed by atoms with E-state index in [1.54, 1.807) is 11.8 Å². The van der Waals surface area contributed by atoms with Crippen LogP contribution in [0.4, 0.5) is 5.69 Å². The van der Waals surface area contributed by atoms with Crippen LogP contribution >= 0.6 is 0 Å². The van der Waals surface area contributed by atoms with Crippen molar-refractivity contribution in [3.8, 4) is 11.4 Å². The van der Waals surface area contributed by atoms with E-state index in [0.29, 0.717) is 6.61 Å². The smallest absolute Gasteiger partial charge is 0.338 e. The number of aromatic carboxylic acids is 1. The molecule has 3 aromatic rings. The summed E-state index contributed by atoms with van der Waals surface area (Å²) in [6.07, 6.45) is 2.88. The topological polar surface area (TPSA) is 76.8 Å². The number of ether oxygens (including phenoxy) is 1. The molecule has 154 valence electrons. The van der Waals surface area contributed by atoms with Gasteiger partial charge in [-0.05, 0) is 29.8 Å². The van der Waals surface area contributed by atoms with Crippen LogP contribution in [-0.2, 0) is 10.3 Å². The third-order valence-electron chi connectivity index (χ3n) is 6.42. The van der Waals surface area contributed by atoms with Crippen LogP contribution in [0.1, 0.15) is 41.4 Å². The Balaban J connectivity index is 1.65. The van der Waals surface area contributed by atoms with Gasteiger partial charge in [-0.2, -0.15) is 5.10 Å². The Morgan fingerprint density at radius 1 is 1.27 bits per heavy atom. The number of anilines is 1. The Labute approximate surface area is 174 Å². The quantitative estimate of drug-likeness (QED) is 0.710. The lowest BCUT2D eigenvalue weighted by Crippen LogP contribution is -2.51. The van der Waals surface area contributed by atoms with Gasteiger partial charge in [0.1, 0.15) is 5.75 Å². The molecule has 0 bridgehead atoms. The lowest BCUT2D eigenvalue weighted by Gasteiger charge is -2.52. The van der Waals surface area contributed by atoms with E-state index in [0.717, 1.165) is 28.3 Å². The Morgan fingerprint density at radius 3 is 2.80 bits per heavy atom. The second-order valence-corrected chi connectivity index (χ2v) is 8.31. The maximum absolute atomic E-state index is 11.2. The first-order valence-corrected chi connectivity index (χ1v) is 9.89. The Hall–Kier alpha value is -3.32. The van der Waals surface area contributed by atoms with Crippen molar-refractivity contribution in [1.29, 1.82) is 0 Å². The third kappa shape index (κ3) is 2.62. The van der Waals surface area contributed by atoms with Gasteiger partial charge in [0.25, 0.3) is 0 Å². The van der Waals surface area contributed by atoms with Gasteiger partial charge < -0.3 is 9.84 Å². The van der Waals surface area contributed by atoms with Gasteiger partial charge in [-0.1, -0.05) is 32.0 Å². The highest BCUT2D eigenvalue weighted by molar-refractivity contribution is 5.87. The summed E-state index contributed by atoms with van der Waals surface area (Å²) >= 11 is 0. The summed E-state index contributed by atoms with van der Waals surface area (Å²) in [6.45, 7) is 5.04. The fourth-order valence-electron chi connectivity index (χ4n) is 4.75. The molecule has 30 heavy (non-hydrogen) atoms. The highest BCUT2D eigenvalue weighted by atomic mass is 16.7. The fourth-order valence-corrected chi connectivity index (χ4v) is 4.75. The van der Waals surface area contributed by atoms with Crippen LogP contribution in [0.25, 0.3) is 5.69 Å². The van der Waals surface area contributed by atoms with E-state index < -0.39 is 5.97 Å². The molecule has 0 saturated heterocycles. The van der Waals surface area contributed by atoms with E-state index >= 15 is 0 Å². The highest BCUT2D eigenvalue weighted by Gasteiger charge is 2.50. The number of carbonyl (C=O) groups is 1. The Kier molecular flexibility index (Phi) is 4.11. The summed E-state index contributed by atoms with van der Waals surface area (Å²) < 4.78 is 7.71. The molecule has 0 spiro atoms. The van der Waals surface area contributed by atoms with Gasteiger partial charge in [-0.3, -0.25) is 4.84 Å². The zero-order chi connectivity index (χ0) is 21.0. The van der Waals surface area contributed by atoms with Crippen LogP contribution in [0.2, 0.25) is 0 Å². The molecular weight excluding hydrogens is 382 g/mol. The molecule has 0 saturated carbocycles. The molecule has 1 aromatic heterocycles. The normalized spacial score (nSPS) is 21.2. The zero-order valence-corrected chi connectivity index (χ0v) is 17.1. The SMILES string of the molecule is CON1c2ccc(-n3cc(C(=O)O)cn3)cc2C(C)(C)[C@H]2COc3ccccc3[C@H]21. The number of nitrogens with zero attached hydrogens (tertiary/aromatic N) is 3. The Morgan fingerprint density at radius 2 is 2.07 bits per heavy atom. The average Bonchev–Trinajstić information content (AvgIpc) is 3.24. The zero-order valence-electron chi connectivity index (χ0n) is 17.1. The van der Waals surface area contributed by atoms with Gasteiger partial charge in [-0.15, -0.1) is 0 Å². The minimum atomic E-state index is -0.994. The predicted molar refractivity (Wildman–Crippen MR) is 111 cm³/mol. The maximum atomic E-state index is 11.2. The number of fused-ring (bicyclic) bond motifs is 4. The van der Waals surface area contributed by atoms with Crippen molar-refractivity contribution in [3.05, 3.63) is 71.5 Å². The van der Waals surface area contributed by atoms with Crippen LogP contribution in [0.5, 0.6) is 5.75 Å². The number of benzene rings is 2. The van der Waals surface area contributed by atoms with Crippen LogP contribution in [-0.4, -0.2) is 34.6 Å². The first kappa shape index (κ1) is 18.7. The number of aromatic nitrogens is 2. The molecular formula is C23H23N3O4. The Bertz CT molecular complexity index is 1140. The number of carboxylic acids is 1. The molecule has 2 atom stereocenters. The molecule has 0 fully saturated rings. The summed E-state index contributed by atoms with van der Waals surface area (Å²) in [5.74, 6) is 0.0719. The molecule has 7 nitrogen and oxygen atoms in total. The number of hydrogen-bond acceptors (Lipinski definition) is 5. The number of rotatable bonds is 3. The lowest BCUT2D eigenvalue weighted by molar-refractivity contribution is 0.0441. The van der Waals surface area contributed by atoms with Crippen LogP contribution in [0.15, 0.2) is 54.9 Å². The minimum absolute atomic E-state index is 0.0385. The summed E-state index contributed by atoms with van der Waals surface area (Å²) in [4.78, 5) is 17.1. The fraction of sp³-hybridized carbons (Fsp3) is 0.304. The summed E-state index contributed by atoms with van der Waals surface area (Å²) in [5, 5.41) is 15.4. The first-order valence-electron chi connectivity index (χ1n) is 9.89. The highest BCUT2D eigenvalue weighted by Crippen LogP contribution is 2.55. The van der Waals surface area contributed by atoms with Gasteiger partial charge in [0.15, 0.2) is 0 Å². The minimum Gasteiger partial charge on any atom is -0.493 e. The summed E-state index contributed by atoms with van der Waals surface area (Å²) in [5.41, 5.74) is 3.98. The number of hydrogen-bond donors (Lipinski definition) is 1. The van der Waals surface area contributed by atoms with E-state index in [9.17, 15) is 9.90 Å². The van der Waals surface area contributed by atoms with Crippen molar-refractivity contribution in [2.45, 2.75) is 25.3 Å². The van der Waals surface area contributed by atoms with Crippen molar-refractivity contribution < 1.29 is 19.5 Å². The van der Waals surface area contributed by atoms with E-state index in [4.69, 9.17) is 9.57 Å². The van der Waals surface area contributed by atoms with Gasteiger partial charge in [0.05, 0.1) is 42.9 Å². The van der Waals surface area contributed by atoms with Gasteiger partial charge in [0, 0.05) is 23.1 Å². The van der Waals surface area contributed by atoms with Gasteiger partial charge >= 0.3 is 5.97 Å². The molecule has 2 aliphatic heterocycles. The molecule has 1 N–H and O–H groups in total. The van der Waals surface area contributed by atoms with Crippen molar-refractivity contribution in [1.82, 2.24) is 9.78 Å². The van der Waals surface area contributed by atoms with Crippen molar-refractivity contribution in [2.24, 2.45) is 5.92 Å². The second kappa shape index (κ2) is 6.60. The lowest BCUT2D eigenvalue weighted by atomic mass is 9.65. The predicted octanol–water partition coefficient (Wildman–Crippen LogP) is 3.98. The van der Waals surface area contributed by atoms with Crippen LogP contribution in [0.3, 0.4) is 0 Å². The third-order valence-corrected chi connectivity index (χ3v) is 6.42. The standard InChI is InChI=1S/C23H23N3O4/c1-23(2)17-10-15(25-12-14(11-24-25)22(27)28)8-9-19(17)26(29-3)21-16-6-4-5-7-20(16)30-13-18(21)23/h4-12,18,21H,13H2,1-3H3,(H,27,28)/t18-,21+/m0/s1. The molecule has 2 aliphatic rings. The average molecular weight is 405 g/mol. The van der Waals surface area contributed by atoms with E-state index in [-0.39, 0.29) is 22.9 Å². The molecule has 0 amide bonds. The van der Waals surface area contributed by atoms with Gasteiger partial charge in [-0.25, -0.2) is 14.5 Å². The maximum Gasteiger partial charge on any atom is 0.338 e. The molecule has 0 radical (unpaired) electrons. The van der Waals surface area contributed by atoms with Crippen molar-refractivity contribution >= 4 is 11.7 Å². The number of para-hydroxylation sites is 1. The molecule has 2 aromatic carbocycles. The van der Waals surface area contributed by atoms with E-state index in [1.807, 2.05) is 35.4 Å². The van der Waals surface area contributed by atoms with E-state index in [1.165, 1.54) is 12.4 Å². The molecule has 0 aliphatic carbocycles. The molecule has 0 unspecified atom stereocenters. The largest absolute Gasteiger partial charge is 0.493 e. The second-order valence-electron chi connectivity index (χ2n) is 8.31. The molecule has 7 heteroatoms. The van der Waals surface area contributed by atoms with Gasteiger partial charge in [0.2, 0.25) is 0 Å². The molecule has 5 rings (SSSR count). The molecule has 3 heterocycles. The van der Waals surface area contributed by atoms with E-state index in [2.05, 4.69) is 31.1 Å². The summed E-state index contributed by atoms with van der Waals surface area (Å²) in [7, 11) is 1.69. The van der Waals surface area contributed by atoms with Crippen molar-refractivity contribution in [2.75, 3.05) is 18.8 Å². The first-order chi connectivity index (χ1) is 14.4. The van der Waals surface area contributed by atoms with Crippen molar-refractivity contribution in [3.63, 3.8) is 0 Å². The summed E-state index contributed by atoms with van der Waals surface area (Å²) in [6, 6.07) is 14.2. The number of hydroxylamine groups is 1.